The highest BCUT2D eigenvalue weighted by molar-refractivity contribution is 7.57. The molecule has 0 rings (SSSR count). The lowest BCUT2D eigenvalue weighted by Gasteiger charge is -2.15. The largest absolute Gasteiger partial charge is 0.198 e. The zero-order valence-corrected chi connectivity index (χ0v) is 9.95. The molecule has 0 aromatic heterocycles. The average molecular weight is 199 g/mol. The van der Waals surface area contributed by atoms with E-state index in [0.717, 1.165) is 6.42 Å². The molecular formula is C11H22NP. The summed E-state index contributed by atoms with van der Waals surface area (Å²) in [6, 6.07) is 2.27. The lowest BCUT2D eigenvalue weighted by atomic mass is 10.4. The Morgan fingerprint density at radius 1 is 1.00 bits per heavy atom. The van der Waals surface area contributed by atoms with E-state index in [2.05, 4.69) is 19.9 Å². The van der Waals surface area contributed by atoms with Gasteiger partial charge in [0.05, 0.1) is 6.07 Å². The first kappa shape index (κ1) is 12.9. The molecule has 0 aromatic rings. The van der Waals surface area contributed by atoms with Gasteiger partial charge in [0, 0.05) is 6.42 Å². The summed E-state index contributed by atoms with van der Waals surface area (Å²) < 4.78 is 0. The van der Waals surface area contributed by atoms with E-state index in [0.29, 0.717) is 0 Å². The Kier molecular flexibility index (Phi) is 9.94. The predicted molar refractivity (Wildman–Crippen MR) is 61.6 cm³/mol. The molecular weight excluding hydrogens is 177 g/mol. The van der Waals surface area contributed by atoms with Crippen LogP contribution in [0.3, 0.4) is 0 Å². The molecule has 0 saturated heterocycles. The van der Waals surface area contributed by atoms with Crippen molar-refractivity contribution in [2.24, 2.45) is 0 Å². The van der Waals surface area contributed by atoms with Gasteiger partial charge in [-0.15, -0.1) is 7.92 Å². The topological polar surface area (TPSA) is 23.8 Å². The van der Waals surface area contributed by atoms with Crippen LogP contribution in [0.2, 0.25) is 0 Å². The zero-order valence-electron chi connectivity index (χ0n) is 9.05. The zero-order chi connectivity index (χ0) is 9.94. The standard InChI is InChI=1S/C11H22NP/c1-3-5-9-13(10-6-4-2)11-7-8-12/h3-7,9-11H2,1-2H3. The third kappa shape index (κ3) is 8.26. The van der Waals surface area contributed by atoms with E-state index in [9.17, 15) is 0 Å². The van der Waals surface area contributed by atoms with E-state index >= 15 is 0 Å². The minimum absolute atomic E-state index is 0.199. The van der Waals surface area contributed by atoms with Gasteiger partial charge in [-0.3, -0.25) is 0 Å². The number of hydrogen-bond acceptors (Lipinski definition) is 1. The Morgan fingerprint density at radius 2 is 1.54 bits per heavy atom. The average Bonchev–Trinajstić information content (AvgIpc) is 2.17. The van der Waals surface area contributed by atoms with E-state index < -0.39 is 0 Å². The fourth-order valence-electron chi connectivity index (χ4n) is 1.31. The quantitative estimate of drug-likeness (QED) is 0.542. The molecule has 0 aromatic carbocycles. The first-order valence-electron chi connectivity index (χ1n) is 5.44. The molecule has 0 spiro atoms. The Balaban J connectivity index is 3.54. The van der Waals surface area contributed by atoms with Crippen LogP contribution in [-0.4, -0.2) is 18.5 Å². The minimum atomic E-state index is 0.199. The van der Waals surface area contributed by atoms with Crippen LogP contribution in [0, 0.1) is 11.3 Å². The SMILES string of the molecule is CCCCP(CCC#N)CCCC. The second kappa shape index (κ2) is 10.0. The summed E-state index contributed by atoms with van der Waals surface area (Å²) in [4.78, 5) is 0. The summed E-state index contributed by atoms with van der Waals surface area (Å²) in [5.41, 5.74) is 0. The van der Waals surface area contributed by atoms with Gasteiger partial charge in [-0.25, -0.2) is 0 Å². The first-order chi connectivity index (χ1) is 6.35. The van der Waals surface area contributed by atoms with Crippen molar-refractivity contribution in [2.75, 3.05) is 18.5 Å². The van der Waals surface area contributed by atoms with Crippen molar-refractivity contribution < 1.29 is 0 Å². The number of hydrogen-bond donors (Lipinski definition) is 0. The van der Waals surface area contributed by atoms with Crippen molar-refractivity contribution >= 4 is 7.92 Å². The van der Waals surface area contributed by atoms with Crippen molar-refractivity contribution in [3.05, 3.63) is 0 Å². The fourth-order valence-corrected chi connectivity index (χ4v) is 3.92. The predicted octanol–water partition coefficient (Wildman–Crippen LogP) is 3.98. The number of nitriles is 1. The number of unbranched alkanes of at least 4 members (excludes halogenated alkanes) is 2. The highest BCUT2D eigenvalue weighted by Gasteiger charge is 2.05. The van der Waals surface area contributed by atoms with Crippen LogP contribution in [0.15, 0.2) is 0 Å². The Labute approximate surface area is 84.3 Å². The van der Waals surface area contributed by atoms with E-state index in [1.54, 1.807) is 0 Å². The molecule has 0 unspecified atom stereocenters. The molecule has 2 heteroatoms. The molecule has 0 aliphatic rings. The highest BCUT2D eigenvalue weighted by atomic mass is 31.1. The van der Waals surface area contributed by atoms with Gasteiger partial charge in [0.1, 0.15) is 0 Å². The van der Waals surface area contributed by atoms with E-state index in [4.69, 9.17) is 5.26 Å². The second-order valence-electron chi connectivity index (χ2n) is 3.46. The molecule has 13 heavy (non-hydrogen) atoms. The molecule has 0 aliphatic heterocycles. The maximum Gasteiger partial charge on any atom is 0.0625 e. The van der Waals surface area contributed by atoms with Gasteiger partial charge in [0.15, 0.2) is 0 Å². The Morgan fingerprint density at radius 3 is 1.92 bits per heavy atom. The summed E-state index contributed by atoms with van der Waals surface area (Å²) >= 11 is 0. The lowest BCUT2D eigenvalue weighted by molar-refractivity contribution is 0.865. The van der Waals surface area contributed by atoms with Gasteiger partial charge in [0.2, 0.25) is 0 Å². The van der Waals surface area contributed by atoms with Crippen molar-refractivity contribution in [3.63, 3.8) is 0 Å². The summed E-state index contributed by atoms with van der Waals surface area (Å²) in [5, 5.41) is 8.53. The number of rotatable bonds is 8. The molecule has 1 nitrogen and oxygen atoms in total. The second-order valence-corrected chi connectivity index (χ2v) is 6.14. The molecule has 0 amide bonds. The number of nitrogens with zero attached hydrogens (tertiary/aromatic N) is 1. The van der Waals surface area contributed by atoms with E-state index in [1.165, 1.54) is 44.2 Å². The van der Waals surface area contributed by atoms with Gasteiger partial charge in [0.25, 0.3) is 0 Å². The van der Waals surface area contributed by atoms with Gasteiger partial charge < -0.3 is 0 Å². The normalized spacial score (nSPS) is 10.3. The monoisotopic (exact) mass is 199 g/mol. The molecule has 0 N–H and O–H groups in total. The van der Waals surface area contributed by atoms with Crippen molar-refractivity contribution in [1.82, 2.24) is 0 Å². The summed E-state index contributed by atoms with van der Waals surface area (Å²) in [6.45, 7) is 4.50. The molecule has 0 bridgehead atoms. The molecule has 0 heterocycles. The van der Waals surface area contributed by atoms with Crippen molar-refractivity contribution in [1.29, 1.82) is 5.26 Å². The molecule has 76 valence electrons. The lowest BCUT2D eigenvalue weighted by Crippen LogP contribution is -1.94. The van der Waals surface area contributed by atoms with Gasteiger partial charge in [-0.1, -0.05) is 26.7 Å². The third-order valence-corrected chi connectivity index (χ3v) is 4.95. The van der Waals surface area contributed by atoms with Crippen LogP contribution in [-0.2, 0) is 0 Å². The maximum atomic E-state index is 8.53. The Bertz CT molecular complexity index is 132. The fraction of sp³-hybridized carbons (Fsp3) is 0.909. The van der Waals surface area contributed by atoms with Crippen LogP contribution in [0.25, 0.3) is 0 Å². The van der Waals surface area contributed by atoms with Crippen LogP contribution >= 0.6 is 7.92 Å². The maximum absolute atomic E-state index is 8.53. The Hall–Kier alpha value is -0.0800. The van der Waals surface area contributed by atoms with E-state index in [1.807, 2.05) is 0 Å². The van der Waals surface area contributed by atoms with Crippen LogP contribution < -0.4 is 0 Å². The van der Waals surface area contributed by atoms with Gasteiger partial charge in [-0.2, -0.15) is 5.26 Å². The molecule has 0 saturated carbocycles. The molecule has 0 radical (unpaired) electrons. The summed E-state index contributed by atoms with van der Waals surface area (Å²) in [6.07, 6.45) is 10.1. The molecule has 0 fully saturated rings. The van der Waals surface area contributed by atoms with Crippen LogP contribution in [0.4, 0.5) is 0 Å². The van der Waals surface area contributed by atoms with Crippen molar-refractivity contribution in [3.8, 4) is 6.07 Å². The third-order valence-electron chi connectivity index (χ3n) is 2.20. The summed E-state index contributed by atoms with van der Waals surface area (Å²) in [7, 11) is 0.199. The minimum Gasteiger partial charge on any atom is -0.198 e. The highest BCUT2D eigenvalue weighted by Crippen LogP contribution is 2.38. The van der Waals surface area contributed by atoms with Crippen molar-refractivity contribution in [2.45, 2.75) is 46.0 Å². The smallest absolute Gasteiger partial charge is 0.0625 e. The van der Waals surface area contributed by atoms with Crippen LogP contribution in [0.5, 0.6) is 0 Å². The molecule has 0 atom stereocenters. The van der Waals surface area contributed by atoms with Crippen LogP contribution in [0.1, 0.15) is 46.0 Å². The first-order valence-corrected chi connectivity index (χ1v) is 7.34. The van der Waals surface area contributed by atoms with E-state index in [-0.39, 0.29) is 7.92 Å². The summed E-state index contributed by atoms with van der Waals surface area (Å²) in [5.74, 6) is 0. The van der Waals surface area contributed by atoms with Gasteiger partial charge >= 0.3 is 0 Å². The van der Waals surface area contributed by atoms with Gasteiger partial charge in [-0.05, 0) is 31.3 Å². The molecule has 0 aliphatic carbocycles.